The molecule has 1 saturated heterocycles. The third kappa shape index (κ3) is 4.38. The van der Waals surface area contributed by atoms with E-state index in [4.69, 9.17) is 15.7 Å². The quantitative estimate of drug-likeness (QED) is 0.776. The van der Waals surface area contributed by atoms with Crippen LogP contribution in [0.25, 0.3) is 0 Å². The molecule has 7 nitrogen and oxygen atoms in total. The minimum Gasteiger partial charge on any atom is -0.444 e. The van der Waals surface area contributed by atoms with Crippen LogP contribution in [0.1, 0.15) is 33.6 Å². The number of nitrogens with one attached hydrogen (secondary N) is 1. The summed E-state index contributed by atoms with van der Waals surface area (Å²) in [4.78, 5) is 25.4. The van der Waals surface area contributed by atoms with Gasteiger partial charge in [-0.3, -0.25) is 4.79 Å². The average molecular weight is 282 g/mol. The van der Waals surface area contributed by atoms with Crippen molar-refractivity contribution >= 4 is 12.0 Å². The summed E-state index contributed by atoms with van der Waals surface area (Å²) in [5.74, 6) is -0.331. The molecule has 0 unspecified atom stereocenters. The molecule has 7 heteroatoms. The third-order valence-corrected chi connectivity index (χ3v) is 2.91. The second kappa shape index (κ2) is 6.57. The van der Waals surface area contributed by atoms with Gasteiger partial charge in [0.15, 0.2) is 0 Å². The van der Waals surface area contributed by atoms with Gasteiger partial charge >= 0.3 is 6.09 Å². The number of hydrogen-bond acceptors (Lipinski definition) is 5. The number of nitrogens with zero attached hydrogens (tertiary/aromatic N) is 2. The summed E-state index contributed by atoms with van der Waals surface area (Å²) in [6.07, 6.45) is 0.758. The highest BCUT2D eigenvalue weighted by Crippen LogP contribution is 2.17. The zero-order valence-corrected chi connectivity index (χ0v) is 12.2. The van der Waals surface area contributed by atoms with Crippen LogP contribution in [0, 0.1) is 11.3 Å². The lowest BCUT2D eigenvalue weighted by atomic mass is 10.2. The molecule has 0 aliphatic carbocycles. The monoisotopic (exact) mass is 282 g/mol. The lowest BCUT2D eigenvalue weighted by molar-refractivity contribution is -0.133. The molecule has 3 N–H and O–H groups in total. The maximum atomic E-state index is 12.3. The van der Waals surface area contributed by atoms with Crippen LogP contribution in [0.15, 0.2) is 0 Å². The molecule has 20 heavy (non-hydrogen) atoms. The van der Waals surface area contributed by atoms with Crippen molar-refractivity contribution < 1.29 is 14.3 Å². The molecule has 0 radical (unpaired) electrons. The van der Waals surface area contributed by atoms with Gasteiger partial charge in [0, 0.05) is 13.1 Å². The number of nitrogens with two attached hydrogens (primary N) is 1. The van der Waals surface area contributed by atoms with Crippen molar-refractivity contribution in [2.75, 3.05) is 13.1 Å². The van der Waals surface area contributed by atoms with Crippen LogP contribution >= 0.6 is 0 Å². The van der Waals surface area contributed by atoms with Crippen molar-refractivity contribution in [2.45, 2.75) is 51.3 Å². The summed E-state index contributed by atoms with van der Waals surface area (Å²) in [7, 11) is 0. The molecule has 0 aromatic heterocycles. The van der Waals surface area contributed by atoms with E-state index in [2.05, 4.69) is 11.4 Å². The summed E-state index contributed by atoms with van der Waals surface area (Å²) in [5, 5.41) is 11.4. The number of hydrogen-bond donors (Lipinski definition) is 2. The first-order valence-electron chi connectivity index (χ1n) is 6.68. The number of amides is 2. The predicted molar refractivity (Wildman–Crippen MR) is 72.6 cm³/mol. The second-order valence-electron chi connectivity index (χ2n) is 5.75. The Labute approximate surface area is 119 Å². The highest BCUT2D eigenvalue weighted by atomic mass is 16.6. The normalized spacial score (nSPS) is 20.1. The molecule has 0 spiro atoms. The Bertz CT molecular complexity index is 411. The molecular weight excluding hydrogens is 260 g/mol. The highest BCUT2D eigenvalue weighted by Gasteiger charge is 2.33. The zero-order valence-electron chi connectivity index (χ0n) is 12.2. The maximum Gasteiger partial charge on any atom is 0.408 e. The van der Waals surface area contributed by atoms with Crippen molar-refractivity contribution in [2.24, 2.45) is 5.73 Å². The minimum atomic E-state index is -0.862. The standard InChI is InChI=1S/C13H22N4O3/c1-13(2,3)20-12(19)16-10(8-15)11(18)17-6-4-5-9(17)7-14/h9-10H,4-6,8,15H2,1-3H3,(H,16,19)/t9-,10-/m0/s1. The van der Waals surface area contributed by atoms with E-state index >= 15 is 0 Å². The van der Waals surface area contributed by atoms with Crippen LogP contribution in [-0.2, 0) is 9.53 Å². The van der Waals surface area contributed by atoms with Gasteiger partial charge in [-0.2, -0.15) is 5.26 Å². The van der Waals surface area contributed by atoms with Crippen LogP contribution in [-0.4, -0.2) is 47.7 Å². The van der Waals surface area contributed by atoms with Crippen molar-refractivity contribution in [3.8, 4) is 6.07 Å². The first-order chi connectivity index (χ1) is 9.28. The van der Waals surface area contributed by atoms with Gasteiger partial charge in [0.25, 0.3) is 0 Å². The molecule has 0 saturated carbocycles. The third-order valence-electron chi connectivity index (χ3n) is 2.91. The largest absolute Gasteiger partial charge is 0.444 e. The summed E-state index contributed by atoms with van der Waals surface area (Å²) >= 11 is 0. The fourth-order valence-corrected chi connectivity index (χ4v) is 2.04. The number of alkyl carbamates (subject to hydrolysis) is 1. The first kappa shape index (κ1) is 16.2. The number of rotatable bonds is 3. The Kier molecular flexibility index (Phi) is 5.34. The van der Waals surface area contributed by atoms with Gasteiger partial charge in [-0.15, -0.1) is 0 Å². The van der Waals surface area contributed by atoms with Crippen LogP contribution < -0.4 is 11.1 Å². The fourth-order valence-electron chi connectivity index (χ4n) is 2.04. The number of carbonyl (C=O) groups is 2. The van der Waals surface area contributed by atoms with Gasteiger partial charge in [0.05, 0.1) is 6.07 Å². The van der Waals surface area contributed by atoms with Gasteiger partial charge in [-0.05, 0) is 33.6 Å². The molecule has 0 bridgehead atoms. The van der Waals surface area contributed by atoms with E-state index in [9.17, 15) is 9.59 Å². The summed E-state index contributed by atoms with van der Waals surface area (Å²) in [6, 6.07) is 0.790. The van der Waals surface area contributed by atoms with E-state index in [0.717, 1.165) is 6.42 Å². The molecular formula is C13H22N4O3. The first-order valence-corrected chi connectivity index (χ1v) is 6.68. The van der Waals surface area contributed by atoms with Gasteiger partial charge in [-0.25, -0.2) is 4.79 Å². The lowest BCUT2D eigenvalue weighted by Gasteiger charge is -2.26. The van der Waals surface area contributed by atoms with Gasteiger partial charge in [-0.1, -0.05) is 0 Å². The lowest BCUT2D eigenvalue weighted by Crippen LogP contribution is -2.53. The van der Waals surface area contributed by atoms with E-state index in [1.807, 2.05) is 0 Å². The maximum absolute atomic E-state index is 12.3. The molecule has 0 aromatic rings. The molecule has 1 fully saturated rings. The number of ether oxygens (including phenoxy) is 1. The van der Waals surface area contributed by atoms with E-state index in [0.29, 0.717) is 13.0 Å². The average Bonchev–Trinajstić information content (AvgIpc) is 2.81. The van der Waals surface area contributed by atoms with Crippen LogP contribution in [0.4, 0.5) is 4.79 Å². The van der Waals surface area contributed by atoms with Crippen molar-refractivity contribution in [3.05, 3.63) is 0 Å². The van der Waals surface area contributed by atoms with Gasteiger partial charge in [0.2, 0.25) is 5.91 Å². The number of nitriles is 1. The Morgan fingerprint density at radius 1 is 1.55 bits per heavy atom. The molecule has 1 rings (SSSR count). The van der Waals surface area contributed by atoms with E-state index < -0.39 is 23.8 Å². The number of likely N-dealkylation sites (tertiary alicyclic amines) is 1. The number of carbonyl (C=O) groups excluding carboxylic acids is 2. The fraction of sp³-hybridized carbons (Fsp3) is 0.769. The SMILES string of the molecule is CC(C)(C)OC(=O)N[C@@H](CN)C(=O)N1CCC[C@H]1C#N. The van der Waals surface area contributed by atoms with Crippen LogP contribution in [0.2, 0.25) is 0 Å². The molecule has 1 aliphatic heterocycles. The second-order valence-corrected chi connectivity index (χ2v) is 5.75. The smallest absolute Gasteiger partial charge is 0.408 e. The zero-order chi connectivity index (χ0) is 15.3. The Morgan fingerprint density at radius 3 is 2.70 bits per heavy atom. The topological polar surface area (TPSA) is 108 Å². The Morgan fingerprint density at radius 2 is 2.20 bits per heavy atom. The predicted octanol–water partition coefficient (Wildman–Crippen LogP) is 0.353. The molecule has 1 aliphatic rings. The molecule has 2 atom stereocenters. The summed E-state index contributed by atoms with van der Waals surface area (Å²) < 4.78 is 5.09. The van der Waals surface area contributed by atoms with Crippen molar-refractivity contribution in [3.63, 3.8) is 0 Å². The molecule has 1 heterocycles. The summed E-state index contributed by atoms with van der Waals surface area (Å²) in [5.41, 5.74) is 4.90. The van der Waals surface area contributed by atoms with Crippen LogP contribution in [0.5, 0.6) is 0 Å². The van der Waals surface area contributed by atoms with E-state index in [1.165, 1.54) is 4.90 Å². The van der Waals surface area contributed by atoms with Crippen molar-refractivity contribution in [1.29, 1.82) is 5.26 Å². The summed E-state index contributed by atoms with van der Waals surface area (Å²) in [6.45, 7) is 5.68. The van der Waals surface area contributed by atoms with Crippen molar-refractivity contribution in [1.82, 2.24) is 10.2 Å². The van der Waals surface area contributed by atoms with E-state index in [1.54, 1.807) is 20.8 Å². The molecule has 2 amide bonds. The van der Waals surface area contributed by atoms with E-state index in [-0.39, 0.29) is 12.5 Å². The van der Waals surface area contributed by atoms with Gasteiger partial charge < -0.3 is 20.7 Å². The Hall–Kier alpha value is -1.81. The Balaban J connectivity index is 2.64. The highest BCUT2D eigenvalue weighted by molar-refractivity contribution is 5.86. The molecule has 0 aromatic carbocycles. The van der Waals surface area contributed by atoms with Gasteiger partial charge in [0.1, 0.15) is 17.7 Å². The molecule has 112 valence electrons. The van der Waals surface area contributed by atoms with Crippen LogP contribution in [0.3, 0.4) is 0 Å². The minimum absolute atomic E-state index is 0.0350.